The highest BCUT2D eigenvalue weighted by Gasteiger charge is 2.36. The molecule has 1 fully saturated rings. The lowest BCUT2D eigenvalue weighted by atomic mass is 9.91. The van der Waals surface area contributed by atoms with Crippen molar-refractivity contribution in [3.05, 3.63) is 29.8 Å². The van der Waals surface area contributed by atoms with E-state index in [1.807, 2.05) is 0 Å². The lowest BCUT2D eigenvalue weighted by molar-refractivity contribution is 0.366. The normalized spacial score (nSPS) is 25.8. The Labute approximate surface area is 118 Å². The average Bonchev–Trinajstić information content (AvgIpc) is 2.54. The summed E-state index contributed by atoms with van der Waals surface area (Å²) in [4.78, 5) is 2.20. The molecular weight excluding hydrogens is 232 g/mol. The smallest absolute Gasteiger partial charge is 0.0342 e. The van der Waals surface area contributed by atoms with Gasteiger partial charge in [0.2, 0.25) is 0 Å². The third-order valence-electron chi connectivity index (χ3n) is 4.14. The molecule has 1 saturated carbocycles. The molecule has 0 radical (unpaired) electrons. The van der Waals surface area contributed by atoms with Gasteiger partial charge in [-0.3, -0.25) is 0 Å². The van der Waals surface area contributed by atoms with E-state index < -0.39 is 0 Å². The Morgan fingerprint density at radius 1 is 1.16 bits per heavy atom. The zero-order chi connectivity index (χ0) is 14.0. The molecular formula is C17H28N2. The van der Waals surface area contributed by atoms with Crippen LogP contribution in [0.2, 0.25) is 0 Å². The maximum atomic E-state index is 3.71. The Bertz CT molecular complexity index is 406. The Morgan fingerprint density at radius 3 is 2.26 bits per heavy atom. The maximum absolute atomic E-state index is 3.71. The molecule has 1 aromatic carbocycles. The minimum atomic E-state index is 0.488. The third-order valence-corrected chi connectivity index (χ3v) is 4.14. The SMILES string of the molecule is CC1CC(C)(C)CC1Nc1ccc(CN(C)C)cc1. The van der Waals surface area contributed by atoms with Crippen LogP contribution in [-0.2, 0) is 6.54 Å². The van der Waals surface area contributed by atoms with Crippen LogP contribution in [0, 0.1) is 11.3 Å². The second-order valence-corrected chi connectivity index (χ2v) is 7.24. The van der Waals surface area contributed by atoms with Crippen LogP contribution in [0.15, 0.2) is 24.3 Å². The largest absolute Gasteiger partial charge is 0.382 e. The lowest BCUT2D eigenvalue weighted by Crippen LogP contribution is -2.22. The number of hydrogen-bond acceptors (Lipinski definition) is 2. The summed E-state index contributed by atoms with van der Waals surface area (Å²) in [7, 11) is 4.21. The molecule has 0 aromatic heterocycles. The molecule has 0 amide bonds. The van der Waals surface area contributed by atoms with Crippen LogP contribution in [0.25, 0.3) is 0 Å². The van der Waals surface area contributed by atoms with Gasteiger partial charge in [-0.2, -0.15) is 0 Å². The van der Waals surface area contributed by atoms with Gasteiger partial charge in [0.25, 0.3) is 0 Å². The fourth-order valence-electron chi connectivity index (χ4n) is 3.37. The Balaban J connectivity index is 1.96. The van der Waals surface area contributed by atoms with Crippen molar-refractivity contribution < 1.29 is 0 Å². The minimum absolute atomic E-state index is 0.488. The van der Waals surface area contributed by atoms with E-state index in [2.05, 4.69) is 69.3 Å². The van der Waals surface area contributed by atoms with Gasteiger partial charge in [0, 0.05) is 18.3 Å². The van der Waals surface area contributed by atoms with E-state index in [9.17, 15) is 0 Å². The first-order valence-electron chi connectivity index (χ1n) is 7.36. The van der Waals surface area contributed by atoms with Crippen molar-refractivity contribution >= 4 is 5.69 Å². The fraction of sp³-hybridized carbons (Fsp3) is 0.647. The van der Waals surface area contributed by atoms with Crippen LogP contribution >= 0.6 is 0 Å². The lowest BCUT2D eigenvalue weighted by Gasteiger charge is -2.20. The van der Waals surface area contributed by atoms with Gasteiger partial charge in [-0.05, 0) is 56.0 Å². The van der Waals surface area contributed by atoms with Crippen LogP contribution in [0.3, 0.4) is 0 Å². The third kappa shape index (κ3) is 3.97. The number of anilines is 1. The van der Waals surface area contributed by atoms with E-state index in [1.54, 1.807) is 0 Å². The number of nitrogens with one attached hydrogen (secondary N) is 1. The Morgan fingerprint density at radius 2 is 1.79 bits per heavy atom. The molecule has 0 aliphatic heterocycles. The molecule has 0 bridgehead atoms. The molecule has 2 heteroatoms. The molecule has 1 aliphatic carbocycles. The van der Waals surface area contributed by atoms with Gasteiger partial charge in [-0.25, -0.2) is 0 Å². The van der Waals surface area contributed by atoms with Gasteiger partial charge >= 0.3 is 0 Å². The van der Waals surface area contributed by atoms with Crippen LogP contribution in [-0.4, -0.2) is 25.0 Å². The standard InChI is InChI=1S/C17H28N2/c1-13-10-17(2,3)11-16(13)18-15-8-6-14(7-9-15)12-19(4)5/h6-9,13,16,18H,10-12H2,1-5H3. The van der Waals surface area contributed by atoms with E-state index in [1.165, 1.54) is 24.1 Å². The zero-order valence-corrected chi connectivity index (χ0v) is 13.0. The van der Waals surface area contributed by atoms with E-state index in [4.69, 9.17) is 0 Å². The van der Waals surface area contributed by atoms with Crippen LogP contribution < -0.4 is 5.32 Å². The maximum Gasteiger partial charge on any atom is 0.0342 e. The average molecular weight is 260 g/mol. The van der Waals surface area contributed by atoms with E-state index in [0.29, 0.717) is 11.5 Å². The highest BCUT2D eigenvalue weighted by Crippen LogP contribution is 2.42. The summed E-state index contributed by atoms with van der Waals surface area (Å²) in [5, 5.41) is 3.71. The van der Waals surface area contributed by atoms with Crippen molar-refractivity contribution in [3.8, 4) is 0 Å². The molecule has 106 valence electrons. The van der Waals surface area contributed by atoms with E-state index >= 15 is 0 Å². The zero-order valence-electron chi connectivity index (χ0n) is 13.0. The van der Waals surface area contributed by atoms with E-state index in [0.717, 1.165) is 12.5 Å². The summed E-state index contributed by atoms with van der Waals surface area (Å²) in [5.74, 6) is 0.761. The molecule has 2 atom stereocenters. The number of rotatable bonds is 4. The topological polar surface area (TPSA) is 15.3 Å². The van der Waals surface area contributed by atoms with Gasteiger partial charge in [0.15, 0.2) is 0 Å². The van der Waals surface area contributed by atoms with Gasteiger partial charge in [0.1, 0.15) is 0 Å². The summed E-state index contributed by atoms with van der Waals surface area (Å²) < 4.78 is 0. The summed E-state index contributed by atoms with van der Waals surface area (Å²) >= 11 is 0. The quantitative estimate of drug-likeness (QED) is 0.880. The van der Waals surface area contributed by atoms with Crippen LogP contribution in [0.4, 0.5) is 5.69 Å². The molecule has 1 aliphatic rings. The molecule has 2 rings (SSSR count). The van der Waals surface area contributed by atoms with Crippen molar-refractivity contribution in [2.24, 2.45) is 11.3 Å². The molecule has 1 N–H and O–H groups in total. The summed E-state index contributed by atoms with van der Waals surface area (Å²) in [6.07, 6.45) is 2.59. The number of nitrogens with zero attached hydrogens (tertiary/aromatic N) is 1. The molecule has 19 heavy (non-hydrogen) atoms. The monoisotopic (exact) mass is 260 g/mol. The second-order valence-electron chi connectivity index (χ2n) is 7.24. The molecule has 2 unspecified atom stereocenters. The van der Waals surface area contributed by atoms with Gasteiger partial charge in [0.05, 0.1) is 0 Å². The van der Waals surface area contributed by atoms with Gasteiger partial charge in [-0.1, -0.05) is 32.9 Å². The molecule has 2 nitrogen and oxygen atoms in total. The summed E-state index contributed by atoms with van der Waals surface area (Å²) in [6, 6.07) is 9.52. The predicted molar refractivity (Wildman–Crippen MR) is 83.4 cm³/mol. The van der Waals surface area contributed by atoms with Gasteiger partial charge < -0.3 is 10.2 Å². The first kappa shape index (κ1) is 14.4. The highest BCUT2D eigenvalue weighted by atomic mass is 15.0. The predicted octanol–water partition coefficient (Wildman–Crippen LogP) is 3.98. The van der Waals surface area contributed by atoms with Crippen LogP contribution in [0.1, 0.15) is 39.2 Å². The number of hydrogen-bond donors (Lipinski definition) is 1. The van der Waals surface area contributed by atoms with Crippen molar-refractivity contribution in [3.63, 3.8) is 0 Å². The first-order chi connectivity index (χ1) is 8.85. The summed E-state index contributed by atoms with van der Waals surface area (Å²) in [5.41, 5.74) is 3.12. The molecule has 0 heterocycles. The summed E-state index contributed by atoms with van der Waals surface area (Å²) in [6.45, 7) is 8.14. The van der Waals surface area contributed by atoms with Crippen molar-refractivity contribution in [2.45, 2.75) is 46.2 Å². The number of benzene rings is 1. The van der Waals surface area contributed by atoms with E-state index in [-0.39, 0.29) is 0 Å². The Kier molecular flexibility index (Phi) is 4.19. The Hall–Kier alpha value is -1.02. The van der Waals surface area contributed by atoms with Crippen LogP contribution in [0.5, 0.6) is 0 Å². The molecule has 1 aromatic rings. The second kappa shape index (κ2) is 5.54. The first-order valence-corrected chi connectivity index (χ1v) is 7.36. The van der Waals surface area contributed by atoms with Crippen molar-refractivity contribution in [1.82, 2.24) is 4.90 Å². The highest BCUT2D eigenvalue weighted by molar-refractivity contribution is 5.45. The van der Waals surface area contributed by atoms with Gasteiger partial charge in [-0.15, -0.1) is 0 Å². The molecule has 0 saturated heterocycles. The van der Waals surface area contributed by atoms with Crippen molar-refractivity contribution in [1.29, 1.82) is 0 Å². The minimum Gasteiger partial charge on any atom is -0.382 e. The van der Waals surface area contributed by atoms with Crippen molar-refractivity contribution in [2.75, 3.05) is 19.4 Å². The fourth-order valence-corrected chi connectivity index (χ4v) is 3.37. The molecule has 0 spiro atoms.